The van der Waals surface area contributed by atoms with Gasteiger partial charge in [-0.1, -0.05) is 48.5 Å². The predicted octanol–water partition coefficient (Wildman–Crippen LogP) is 6.51. The molecular formula is C26H34N4O. The standard InChI is InChI=1S/C24H28N4O.C2H6/c1-13-26-19-14(9-10-25-20(19)22(2,3)4)21-27-16-11-15-18(12-17(16)28(13)21)29-24(7,8)23(15,5)6;1-2/h9-12H,1-8H3;1-2H3. The van der Waals surface area contributed by atoms with Crippen molar-refractivity contribution in [2.75, 3.05) is 0 Å². The Labute approximate surface area is 184 Å². The van der Waals surface area contributed by atoms with Crippen molar-refractivity contribution in [1.29, 1.82) is 0 Å². The van der Waals surface area contributed by atoms with Crippen LogP contribution in [0.25, 0.3) is 27.6 Å². The third-order valence-electron chi connectivity index (χ3n) is 6.77. The van der Waals surface area contributed by atoms with Gasteiger partial charge in [0.15, 0.2) is 0 Å². The minimum absolute atomic E-state index is 0.0894. The summed E-state index contributed by atoms with van der Waals surface area (Å²) in [5, 5.41) is 1.03. The van der Waals surface area contributed by atoms with E-state index in [-0.39, 0.29) is 16.4 Å². The molecule has 5 heteroatoms. The Morgan fingerprint density at radius 3 is 2.32 bits per heavy atom. The van der Waals surface area contributed by atoms with E-state index in [1.54, 1.807) is 0 Å². The Morgan fingerprint density at radius 1 is 1.00 bits per heavy atom. The minimum atomic E-state index is -0.262. The Hall–Kier alpha value is -2.69. The Morgan fingerprint density at radius 2 is 1.68 bits per heavy atom. The van der Waals surface area contributed by atoms with Gasteiger partial charge in [0.05, 0.1) is 22.2 Å². The van der Waals surface area contributed by atoms with Gasteiger partial charge in [-0.2, -0.15) is 0 Å². The molecule has 0 spiro atoms. The maximum Gasteiger partial charge on any atom is 0.148 e. The first kappa shape index (κ1) is 21.5. The molecule has 1 aromatic carbocycles. The number of benzene rings is 1. The number of aryl methyl sites for hydroxylation is 1. The summed E-state index contributed by atoms with van der Waals surface area (Å²) >= 11 is 0. The lowest BCUT2D eigenvalue weighted by Crippen LogP contribution is -2.41. The number of nitrogens with zero attached hydrogens (tertiary/aromatic N) is 4. The van der Waals surface area contributed by atoms with Gasteiger partial charge < -0.3 is 4.74 Å². The van der Waals surface area contributed by atoms with Crippen molar-refractivity contribution in [1.82, 2.24) is 19.4 Å². The second-order valence-electron chi connectivity index (χ2n) is 10.3. The molecule has 0 unspecified atom stereocenters. The number of fused-ring (bicyclic) bond motifs is 6. The van der Waals surface area contributed by atoms with E-state index >= 15 is 0 Å². The Bertz CT molecular complexity index is 1320. The van der Waals surface area contributed by atoms with E-state index in [0.29, 0.717) is 0 Å². The van der Waals surface area contributed by atoms with E-state index in [9.17, 15) is 0 Å². The molecule has 0 amide bonds. The fourth-order valence-corrected chi connectivity index (χ4v) is 4.42. The van der Waals surface area contributed by atoms with Gasteiger partial charge >= 0.3 is 0 Å². The fraction of sp³-hybridized carbons (Fsp3) is 0.500. The number of rotatable bonds is 0. The lowest BCUT2D eigenvalue weighted by molar-refractivity contribution is 0.0713. The monoisotopic (exact) mass is 418 g/mol. The van der Waals surface area contributed by atoms with Gasteiger partial charge in [0, 0.05) is 34.0 Å². The van der Waals surface area contributed by atoms with Crippen LogP contribution in [0.15, 0.2) is 24.4 Å². The van der Waals surface area contributed by atoms with Crippen LogP contribution in [0.1, 0.15) is 79.4 Å². The van der Waals surface area contributed by atoms with Crippen LogP contribution in [0.3, 0.4) is 0 Å². The minimum Gasteiger partial charge on any atom is -0.487 e. The molecule has 164 valence electrons. The highest BCUT2D eigenvalue weighted by molar-refractivity contribution is 5.98. The average molecular weight is 419 g/mol. The first-order chi connectivity index (χ1) is 14.4. The van der Waals surface area contributed by atoms with Gasteiger partial charge in [0.2, 0.25) is 0 Å². The van der Waals surface area contributed by atoms with Gasteiger partial charge in [-0.05, 0) is 32.9 Å². The average Bonchev–Trinajstić information content (AvgIpc) is 3.14. The summed E-state index contributed by atoms with van der Waals surface area (Å²) in [4.78, 5) is 14.7. The molecule has 0 aliphatic carbocycles. The van der Waals surface area contributed by atoms with Gasteiger partial charge in [0.1, 0.15) is 22.8 Å². The Balaban J connectivity index is 0.00000112. The molecule has 4 heterocycles. The third-order valence-corrected chi connectivity index (χ3v) is 6.77. The Kier molecular flexibility index (Phi) is 4.62. The summed E-state index contributed by atoms with van der Waals surface area (Å²) < 4.78 is 8.50. The molecule has 0 saturated carbocycles. The summed E-state index contributed by atoms with van der Waals surface area (Å²) in [6.07, 6.45) is 1.87. The molecule has 1 aliphatic rings. The second-order valence-corrected chi connectivity index (χ2v) is 10.3. The summed E-state index contributed by atoms with van der Waals surface area (Å²) in [6.45, 7) is 21.3. The molecule has 3 aromatic heterocycles. The number of imidazole rings is 1. The van der Waals surface area contributed by atoms with Crippen LogP contribution in [0.4, 0.5) is 0 Å². The van der Waals surface area contributed by atoms with E-state index in [0.717, 1.165) is 44.9 Å². The molecular weight excluding hydrogens is 384 g/mol. The smallest absolute Gasteiger partial charge is 0.148 e. The number of pyridine rings is 1. The van der Waals surface area contributed by atoms with E-state index < -0.39 is 0 Å². The van der Waals surface area contributed by atoms with Crippen LogP contribution < -0.4 is 4.74 Å². The summed E-state index contributed by atoms with van der Waals surface area (Å²) in [7, 11) is 0. The topological polar surface area (TPSA) is 52.3 Å². The van der Waals surface area contributed by atoms with E-state index in [1.165, 1.54) is 5.56 Å². The SMILES string of the molecule is CC.Cc1nc2c(C(C)(C)C)nccc2c2nc3cc4c(cc3n12)OC(C)(C)C4(C)C. The van der Waals surface area contributed by atoms with Gasteiger partial charge in [-0.3, -0.25) is 9.38 Å². The molecule has 0 bridgehead atoms. The maximum absolute atomic E-state index is 6.36. The number of aromatic nitrogens is 4. The van der Waals surface area contributed by atoms with Gasteiger partial charge in [-0.15, -0.1) is 0 Å². The molecule has 0 N–H and O–H groups in total. The van der Waals surface area contributed by atoms with Crippen LogP contribution in [-0.4, -0.2) is 25.0 Å². The maximum atomic E-state index is 6.36. The highest BCUT2D eigenvalue weighted by Gasteiger charge is 2.48. The molecule has 5 rings (SSSR count). The van der Waals surface area contributed by atoms with Crippen molar-refractivity contribution >= 4 is 27.6 Å². The van der Waals surface area contributed by atoms with Crippen molar-refractivity contribution < 1.29 is 4.74 Å². The molecule has 0 atom stereocenters. The van der Waals surface area contributed by atoms with Crippen LogP contribution in [0.2, 0.25) is 0 Å². The number of hydrogen-bond acceptors (Lipinski definition) is 4. The largest absolute Gasteiger partial charge is 0.487 e. The van der Waals surface area contributed by atoms with Crippen molar-refractivity contribution in [3.05, 3.63) is 41.5 Å². The zero-order valence-electron chi connectivity index (χ0n) is 20.5. The van der Waals surface area contributed by atoms with E-state index in [1.807, 2.05) is 33.0 Å². The van der Waals surface area contributed by atoms with Crippen LogP contribution in [-0.2, 0) is 10.8 Å². The molecule has 0 fully saturated rings. The summed E-state index contributed by atoms with van der Waals surface area (Å²) in [6, 6.07) is 6.35. The summed E-state index contributed by atoms with van der Waals surface area (Å²) in [5.41, 5.74) is 5.65. The molecule has 5 nitrogen and oxygen atoms in total. The zero-order chi connectivity index (χ0) is 22.9. The van der Waals surface area contributed by atoms with Crippen molar-refractivity contribution in [3.63, 3.8) is 0 Å². The quantitative estimate of drug-likeness (QED) is 0.326. The van der Waals surface area contributed by atoms with Gasteiger partial charge in [-0.25, -0.2) is 9.97 Å². The van der Waals surface area contributed by atoms with Crippen LogP contribution >= 0.6 is 0 Å². The van der Waals surface area contributed by atoms with E-state index in [4.69, 9.17) is 14.7 Å². The molecule has 0 radical (unpaired) electrons. The predicted molar refractivity (Wildman–Crippen MR) is 128 cm³/mol. The molecule has 4 aromatic rings. The number of hydrogen-bond donors (Lipinski definition) is 0. The number of ether oxygens (including phenoxy) is 1. The van der Waals surface area contributed by atoms with Crippen molar-refractivity contribution in [2.24, 2.45) is 0 Å². The first-order valence-electron chi connectivity index (χ1n) is 11.2. The second kappa shape index (κ2) is 6.65. The fourth-order valence-electron chi connectivity index (χ4n) is 4.42. The highest BCUT2D eigenvalue weighted by Crippen LogP contribution is 2.50. The van der Waals surface area contributed by atoms with Crippen molar-refractivity contribution in [2.45, 2.75) is 85.7 Å². The van der Waals surface area contributed by atoms with E-state index in [2.05, 4.69) is 70.0 Å². The molecule has 1 aliphatic heterocycles. The molecule has 31 heavy (non-hydrogen) atoms. The zero-order valence-corrected chi connectivity index (χ0v) is 20.5. The lowest BCUT2D eigenvalue weighted by atomic mass is 9.74. The highest BCUT2D eigenvalue weighted by atomic mass is 16.5. The van der Waals surface area contributed by atoms with Crippen LogP contribution in [0, 0.1) is 6.92 Å². The van der Waals surface area contributed by atoms with Gasteiger partial charge in [0.25, 0.3) is 0 Å². The third kappa shape index (κ3) is 2.93. The normalized spacial score (nSPS) is 16.8. The van der Waals surface area contributed by atoms with Crippen molar-refractivity contribution in [3.8, 4) is 5.75 Å². The lowest BCUT2D eigenvalue weighted by Gasteiger charge is -2.33. The van der Waals surface area contributed by atoms with Crippen LogP contribution in [0.5, 0.6) is 5.75 Å². The molecule has 0 saturated heterocycles. The summed E-state index contributed by atoms with van der Waals surface area (Å²) in [5.74, 6) is 1.85. The first-order valence-corrected chi connectivity index (χ1v) is 11.2.